The third-order valence-electron chi connectivity index (χ3n) is 9.74. The molecule has 1 aromatic carbocycles. The van der Waals surface area contributed by atoms with E-state index in [-0.39, 0.29) is 10.8 Å². The highest BCUT2D eigenvalue weighted by atomic mass is 16.5. The van der Waals surface area contributed by atoms with E-state index < -0.39 is 0 Å². The van der Waals surface area contributed by atoms with Crippen LogP contribution in [-0.4, -0.2) is 12.4 Å². The lowest BCUT2D eigenvalue weighted by Crippen LogP contribution is -2.32. The number of benzene rings is 1. The number of carbonyl (C=O) groups is 1. The Hall–Kier alpha value is -1.67. The fourth-order valence-corrected chi connectivity index (χ4v) is 6.63. The highest BCUT2D eigenvalue weighted by Gasteiger charge is 2.63. The van der Waals surface area contributed by atoms with Crippen LogP contribution in [0.15, 0.2) is 42.0 Å². The van der Waals surface area contributed by atoms with Crippen LogP contribution in [-0.2, 0) is 16.1 Å². The smallest absolute Gasteiger partial charge is 0.165 e. The molecule has 2 saturated carbocycles. The number of Topliss-reactive ketones (excluding diaryl/α,β-unsaturated/α-hetero) is 1. The molecule has 0 aliphatic heterocycles. The average molecular weight is 521 g/mol. The van der Waals surface area contributed by atoms with Crippen molar-refractivity contribution in [3.8, 4) is 0 Å². The van der Waals surface area contributed by atoms with E-state index in [1.807, 2.05) is 0 Å². The van der Waals surface area contributed by atoms with Crippen molar-refractivity contribution in [1.82, 2.24) is 0 Å². The van der Waals surface area contributed by atoms with Crippen molar-refractivity contribution < 1.29 is 9.53 Å². The Balaban J connectivity index is 1.18. The molecule has 0 N–H and O–H groups in total. The van der Waals surface area contributed by atoms with Gasteiger partial charge in [-0.15, -0.1) is 0 Å². The number of hydrogen-bond acceptors (Lipinski definition) is 2. The van der Waals surface area contributed by atoms with Gasteiger partial charge in [0, 0.05) is 12.0 Å². The maximum atomic E-state index is 13.1. The number of unbranched alkanes of at least 4 members (excludes halogenated alkanes) is 12. The number of ether oxygens (including phenoxy) is 1. The molecule has 0 aromatic heterocycles. The molecule has 0 amide bonds. The van der Waals surface area contributed by atoms with Gasteiger partial charge in [-0.1, -0.05) is 122 Å². The van der Waals surface area contributed by atoms with Gasteiger partial charge in [-0.2, -0.15) is 0 Å². The summed E-state index contributed by atoms with van der Waals surface area (Å²) in [4.78, 5) is 13.1. The van der Waals surface area contributed by atoms with Crippen molar-refractivity contribution in [3.63, 3.8) is 0 Å². The standard InChI is InChI=1S/C36H56O2/c1-5-6-7-8-9-10-11-12-13-14-15-16-17-18-19-20-27-38-29-31-23-21-30(22-24-31)28-32-33-25-26-36(4,34(32)37)35(33,2)3/h12-13,21-24,28,33H,5-11,14-20,25-27,29H2,1-4H3/b13-12-,32-28-. The lowest BCUT2D eigenvalue weighted by atomic mass is 9.70. The van der Waals surface area contributed by atoms with Crippen LogP contribution in [0, 0.1) is 16.7 Å². The molecule has 0 saturated heterocycles. The normalized spacial score (nSPS) is 23.3. The van der Waals surface area contributed by atoms with Gasteiger partial charge in [0.2, 0.25) is 0 Å². The second-order valence-electron chi connectivity index (χ2n) is 12.8. The molecule has 212 valence electrons. The van der Waals surface area contributed by atoms with E-state index in [4.69, 9.17) is 4.74 Å². The van der Waals surface area contributed by atoms with Crippen molar-refractivity contribution in [2.45, 2.75) is 137 Å². The maximum Gasteiger partial charge on any atom is 0.165 e. The minimum absolute atomic E-state index is 0.0771. The summed E-state index contributed by atoms with van der Waals surface area (Å²) in [6, 6.07) is 8.59. The molecule has 2 nitrogen and oxygen atoms in total. The Morgan fingerprint density at radius 2 is 1.39 bits per heavy atom. The summed E-state index contributed by atoms with van der Waals surface area (Å²) in [5.41, 5.74) is 3.29. The molecule has 2 bridgehead atoms. The molecule has 3 rings (SSSR count). The maximum absolute atomic E-state index is 13.1. The van der Waals surface area contributed by atoms with Crippen LogP contribution >= 0.6 is 0 Å². The van der Waals surface area contributed by atoms with Crippen LogP contribution in [0.4, 0.5) is 0 Å². The first-order valence-electron chi connectivity index (χ1n) is 16.0. The first-order valence-corrected chi connectivity index (χ1v) is 16.0. The van der Waals surface area contributed by atoms with Crippen molar-refractivity contribution in [2.75, 3.05) is 6.61 Å². The second-order valence-corrected chi connectivity index (χ2v) is 12.8. The summed E-state index contributed by atoms with van der Waals surface area (Å²) in [7, 11) is 0. The number of rotatable bonds is 19. The zero-order valence-corrected chi connectivity index (χ0v) is 25.2. The molecule has 2 aliphatic rings. The monoisotopic (exact) mass is 520 g/mol. The van der Waals surface area contributed by atoms with Gasteiger partial charge in [0.15, 0.2) is 5.78 Å². The quantitative estimate of drug-likeness (QED) is 0.103. The van der Waals surface area contributed by atoms with Gasteiger partial charge in [-0.05, 0) is 79.1 Å². The van der Waals surface area contributed by atoms with E-state index in [9.17, 15) is 4.79 Å². The molecule has 0 radical (unpaired) electrons. The van der Waals surface area contributed by atoms with Crippen molar-refractivity contribution in [1.29, 1.82) is 0 Å². The van der Waals surface area contributed by atoms with E-state index in [2.05, 4.69) is 70.2 Å². The van der Waals surface area contributed by atoms with E-state index in [1.165, 1.54) is 89.0 Å². The average Bonchev–Trinajstić information content (AvgIpc) is 3.22. The molecule has 38 heavy (non-hydrogen) atoms. The fourth-order valence-electron chi connectivity index (χ4n) is 6.63. The van der Waals surface area contributed by atoms with Gasteiger partial charge in [0.25, 0.3) is 0 Å². The molecule has 2 atom stereocenters. The van der Waals surface area contributed by atoms with E-state index in [1.54, 1.807) is 0 Å². The van der Waals surface area contributed by atoms with Crippen LogP contribution < -0.4 is 0 Å². The van der Waals surface area contributed by atoms with Crippen LogP contribution in [0.1, 0.15) is 142 Å². The predicted octanol–water partition coefficient (Wildman–Crippen LogP) is 10.6. The summed E-state index contributed by atoms with van der Waals surface area (Å²) in [6.45, 7) is 10.5. The summed E-state index contributed by atoms with van der Waals surface area (Å²) >= 11 is 0. The Morgan fingerprint density at radius 1 is 0.816 bits per heavy atom. The summed E-state index contributed by atoms with van der Waals surface area (Å²) in [5, 5.41) is 0. The lowest BCUT2D eigenvalue weighted by Gasteiger charge is -2.31. The van der Waals surface area contributed by atoms with Crippen LogP contribution in [0.5, 0.6) is 0 Å². The number of ketones is 1. The first kappa shape index (κ1) is 30.9. The molecule has 0 heterocycles. The highest BCUT2D eigenvalue weighted by molar-refractivity contribution is 6.07. The van der Waals surface area contributed by atoms with Gasteiger partial charge in [0.1, 0.15) is 0 Å². The van der Waals surface area contributed by atoms with Crippen molar-refractivity contribution in [3.05, 3.63) is 53.1 Å². The predicted molar refractivity (Wildman–Crippen MR) is 163 cm³/mol. The minimum atomic E-state index is -0.179. The highest BCUT2D eigenvalue weighted by Crippen LogP contribution is 2.65. The van der Waals surface area contributed by atoms with Gasteiger partial charge in [-0.3, -0.25) is 4.79 Å². The van der Waals surface area contributed by atoms with Gasteiger partial charge < -0.3 is 4.74 Å². The fraction of sp³-hybridized carbons (Fsp3) is 0.694. The zero-order chi connectivity index (χ0) is 27.3. The lowest BCUT2D eigenvalue weighted by molar-refractivity contribution is -0.125. The topological polar surface area (TPSA) is 26.3 Å². The molecular weight excluding hydrogens is 464 g/mol. The van der Waals surface area contributed by atoms with Gasteiger partial charge in [-0.25, -0.2) is 0 Å². The molecule has 2 unspecified atom stereocenters. The van der Waals surface area contributed by atoms with Crippen molar-refractivity contribution in [2.24, 2.45) is 16.7 Å². The SMILES string of the molecule is CCCCCCCC/C=C\CCCCCCCCOCc1ccc(/C=C2\C(=O)C3(C)CCC2C3(C)C)cc1. The molecule has 0 spiro atoms. The molecule has 2 heteroatoms. The van der Waals surface area contributed by atoms with E-state index in [0.29, 0.717) is 18.3 Å². The minimum Gasteiger partial charge on any atom is -0.377 e. The third kappa shape index (κ3) is 8.41. The Labute approximate surface area is 234 Å². The number of carbonyl (C=O) groups excluding carboxylic acids is 1. The van der Waals surface area contributed by atoms with Crippen LogP contribution in [0.25, 0.3) is 6.08 Å². The molecular formula is C36H56O2. The van der Waals surface area contributed by atoms with Crippen molar-refractivity contribution >= 4 is 11.9 Å². The Bertz CT molecular complexity index is 890. The summed E-state index contributed by atoms with van der Waals surface area (Å²) in [5.74, 6) is 0.779. The Kier molecular flexibility index (Phi) is 12.8. The van der Waals surface area contributed by atoms with Crippen LogP contribution in [0.2, 0.25) is 0 Å². The van der Waals surface area contributed by atoms with Crippen LogP contribution in [0.3, 0.4) is 0 Å². The summed E-state index contributed by atoms with van der Waals surface area (Å²) in [6.07, 6.45) is 27.8. The zero-order valence-electron chi connectivity index (χ0n) is 25.2. The summed E-state index contributed by atoms with van der Waals surface area (Å²) < 4.78 is 5.93. The third-order valence-corrected chi connectivity index (χ3v) is 9.74. The van der Waals surface area contributed by atoms with Gasteiger partial charge >= 0.3 is 0 Å². The first-order chi connectivity index (χ1) is 18.4. The molecule has 2 aliphatic carbocycles. The number of allylic oxidation sites excluding steroid dienone is 3. The second kappa shape index (κ2) is 15.8. The van der Waals surface area contributed by atoms with E-state index >= 15 is 0 Å². The molecule has 1 aromatic rings. The van der Waals surface area contributed by atoms with Gasteiger partial charge in [0.05, 0.1) is 6.61 Å². The number of hydrogen-bond donors (Lipinski definition) is 0. The van der Waals surface area contributed by atoms with E-state index in [0.717, 1.165) is 37.0 Å². The largest absolute Gasteiger partial charge is 0.377 e. The Morgan fingerprint density at radius 3 is 1.97 bits per heavy atom. The molecule has 2 fully saturated rings. The number of fused-ring (bicyclic) bond motifs is 2.